The third-order valence-corrected chi connectivity index (χ3v) is 2.84. The summed E-state index contributed by atoms with van der Waals surface area (Å²) in [5, 5.41) is 15.1. The number of aromatic nitrogens is 1. The topological polar surface area (TPSA) is 102 Å². The van der Waals surface area contributed by atoms with E-state index in [4.69, 9.17) is 14.4 Å². The zero-order valence-corrected chi connectivity index (χ0v) is 11.2. The van der Waals surface area contributed by atoms with Gasteiger partial charge in [-0.05, 0) is 5.92 Å². The number of hydrogen-bond donors (Lipinski definition) is 2. The first-order valence-electron chi connectivity index (χ1n) is 5.97. The predicted molar refractivity (Wildman–Crippen MR) is 65.6 cm³/mol. The first-order valence-corrected chi connectivity index (χ1v) is 5.97. The van der Waals surface area contributed by atoms with Gasteiger partial charge in [-0.3, -0.25) is 4.79 Å². The lowest BCUT2D eigenvalue weighted by atomic mass is 9.99. The molecule has 2 N–H and O–H groups in total. The smallest absolute Gasteiger partial charge is 0.326 e. The molecule has 0 fully saturated rings. The fraction of sp³-hybridized carbons (Fsp3) is 0.583. The summed E-state index contributed by atoms with van der Waals surface area (Å²) in [5.41, 5.74) is 0.0432. The molecule has 0 radical (unpaired) electrons. The number of carbonyl (C=O) groups excluding carboxylic acids is 1. The molecular formula is C12H18N2O5. The van der Waals surface area contributed by atoms with E-state index >= 15 is 0 Å². The highest BCUT2D eigenvalue weighted by atomic mass is 16.5. The molecule has 1 aromatic heterocycles. The average molecular weight is 270 g/mol. The van der Waals surface area contributed by atoms with Crippen LogP contribution in [0.4, 0.5) is 0 Å². The van der Waals surface area contributed by atoms with E-state index in [1.54, 1.807) is 6.92 Å². The first-order chi connectivity index (χ1) is 8.99. The highest BCUT2D eigenvalue weighted by Crippen LogP contribution is 2.10. The lowest BCUT2D eigenvalue weighted by molar-refractivity contribution is -0.140. The lowest BCUT2D eigenvalue weighted by Crippen LogP contribution is -2.45. The van der Waals surface area contributed by atoms with E-state index in [1.807, 2.05) is 6.92 Å². The van der Waals surface area contributed by atoms with Gasteiger partial charge in [0.25, 0.3) is 5.91 Å². The molecule has 2 atom stereocenters. The molecule has 0 aliphatic rings. The van der Waals surface area contributed by atoms with E-state index in [9.17, 15) is 9.59 Å². The van der Waals surface area contributed by atoms with E-state index in [0.29, 0.717) is 12.2 Å². The Bertz CT molecular complexity index is 443. The second kappa shape index (κ2) is 6.89. The number of aliphatic carboxylic acids is 1. The maximum atomic E-state index is 11.9. The summed E-state index contributed by atoms with van der Waals surface area (Å²) in [6, 6.07) is 0.481. The van der Waals surface area contributed by atoms with Crippen LogP contribution in [0.5, 0.6) is 0 Å². The zero-order valence-electron chi connectivity index (χ0n) is 11.2. The number of ether oxygens (including phenoxy) is 1. The molecule has 0 spiro atoms. The molecule has 1 rings (SSSR count). The molecule has 1 heterocycles. The maximum Gasteiger partial charge on any atom is 0.326 e. The van der Waals surface area contributed by atoms with Gasteiger partial charge in [-0.2, -0.15) is 0 Å². The van der Waals surface area contributed by atoms with Crippen molar-refractivity contribution in [1.82, 2.24) is 10.5 Å². The van der Waals surface area contributed by atoms with Gasteiger partial charge in [-0.15, -0.1) is 0 Å². The number of carboxylic acid groups (broad SMARTS) is 1. The van der Waals surface area contributed by atoms with Crippen molar-refractivity contribution >= 4 is 11.9 Å². The van der Waals surface area contributed by atoms with Crippen molar-refractivity contribution in [2.24, 2.45) is 5.92 Å². The number of amides is 1. The summed E-state index contributed by atoms with van der Waals surface area (Å²) in [4.78, 5) is 23.0. The summed E-state index contributed by atoms with van der Waals surface area (Å²) in [6.07, 6.45) is 0.644. The van der Waals surface area contributed by atoms with Crippen molar-refractivity contribution < 1.29 is 24.0 Å². The molecule has 0 saturated heterocycles. The molecule has 19 heavy (non-hydrogen) atoms. The third kappa shape index (κ3) is 4.06. The van der Waals surface area contributed by atoms with E-state index < -0.39 is 17.9 Å². The highest BCUT2D eigenvalue weighted by molar-refractivity contribution is 5.94. The number of methoxy groups -OCH3 is 1. The summed E-state index contributed by atoms with van der Waals surface area (Å²) in [7, 11) is 1.49. The fourth-order valence-electron chi connectivity index (χ4n) is 1.53. The van der Waals surface area contributed by atoms with Crippen molar-refractivity contribution in [3.63, 3.8) is 0 Å². The summed E-state index contributed by atoms with van der Waals surface area (Å²) >= 11 is 0. The molecule has 0 aliphatic carbocycles. The quantitative estimate of drug-likeness (QED) is 0.767. The van der Waals surface area contributed by atoms with Gasteiger partial charge in [0, 0.05) is 13.2 Å². The van der Waals surface area contributed by atoms with Gasteiger partial charge in [-0.25, -0.2) is 4.79 Å². The fourth-order valence-corrected chi connectivity index (χ4v) is 1.53. The van der Waals surface area contributed by atoms with Crippen LogP contribution in [0.2, 0.25) is 0 Å². The summed E-state index contributed by atoms with van der Waals surface area (Å²) in [5.74, 6) is -1.41. The van der Waals surface area contributed by atoms with Gasteiger partial charge >= 0.3 is 5.97 Å². The Morgan fingerprint density at radius 2 is 2.26 bits per heavy atom. The van der Waals surface area contributed by atoms with Gasteiger partial charge in [0.2, 0.25) is 0 Å². The summed E-state index contributed by atoms with van der Waals surface area (Å²) in [6.45, 7) is 3.83. The van der Waals surface area contributed by atoms with Gasteiger partial charge < -0.3 is 19.7 Å². The number of nitrogens with one attached hydrogen (secondary N) is 1. The van der Waals surface area contributed by atoms with Crippen LogP contribution in [0.25, 0.3) is 0 Å². The molecule has 0 saturated carbocycles. The van der Waals surface area contributed by atoms with Gasteiger partial charge in [-0.1, -0.05) is 25.4 Å². The number of hydrogen-bond acceptors (Lipinski definition) is 5. The van der Waals surface area contributed by atoms with Crippen LogP contribution >= 0.6 is 0 Å². The second-order valence-electron chi connectivity index (χ2n) is 4.29. The van der Waals surface area contributed by atoms with Gasteiger partial charge in [0.1, 0.15) is 12.6 Å². The van der Waals surface area contributed by atoms with Crippen LogP contribution in [-0.4, -0.2) is 35.3 Å². The van der Waals surface area contributed by atoms with Gasteiger partial charge in [0.15, 0.2) is 11.5 Å². The Morgan fingerprint density at radius 3 is 2.79 bits per heavy atom. The second-order valence-corrected chi connectivity index (χ2v) is 4.29. The standard InChI is InChI=1S/C12H18N2O5/c1-4-7(2)10(12(16)17)13-11(15)9-5-8(6-18-3)19-14-9/h5,7,10H,4,6H2,1-3H3,(H,13,15)(H,16,17)/t7?,10-/m0/s1. The van der Waals surface area contributed by atoms with Crippen LogP contribution in [0.1, 0.15) is 36.5 Å². The lowest BCUT2D eigenvalue weighted by Gasteiger charge is -2.19. The maximum absolute atomic E-state index is 11.9. The molecule has 106 valence electrons. The molecule has 1 aromatic rings. The average Bonchev–Trinajstić information content (AvgIpc) is 2.83. The molecule has 7 heteroatoms. The minimum Gasteiger partial charge on any atom is -0.480 e. The molecule has 1 unspecified atom stereocenters. The zero-order chi connectivity index (χ0) is 14.4. The Kier molecular flexibility index (Phi) is 5.50. The van der Waals surface area contributed by atoms with Crippen molar-refractivity contribution in [2.45, 2.75) is 32.9 Å². The third-order valence-electron chi connectivity index (χ3n) is 2.84. The molecule has 0 bridgehead atoms. The van der Waals surface area contributed by atoms with E-state index in [0.717, 1.165) is 0 Å². The Labute approximate surface area is 110 Å². The first kappa shape index (κ1) is 15.2. The van der Waals surface area contributed by atoms with Crippen LogP contribution < -0.4 is 5.32 Å². The molecule has 1 amide bonds. The van der Waals surface area contributed by atoms with Crippen LogP contribution in [0.3, 0.4) is 0 Å². The van der Waals surface area contributed by atoms with Crippen molar-refractivity contribution in [1.29, 1.82) is 0 Å². The van der Waals surface area contributed by atoms with E-state index in [2.05, 4.69) is 10.5 Å². The highest BCUT2D eigenvalue weighted by Gasteiger charge is 2.26. The van der Waals surface area contributed by atoms with Crippen molar-refractivity contribution in [3.8, 4) is 0 Å². The minimum atomic E-state index is -1.07. The molecular weight excluding hydrogens is 252 g/mol. The van der Waals surface area contributed by atoms with Crippen LogP contribution in [-0.2, 0) is 16.1 Å². The Hall–Kier alpha value is -1.89. The van der Waals surface area contributed by atoms with Crippen molar-refractivity contribution in [3.05, 3.63) is 17.5 Å². The molecule has 7 nitrogen and oxygen atoms in total. The number of nitrogens with zero attached hydrogens (tertiary/aromatic N) is 1. The van der Waals surface area contributed by atoms with Crippen molar-refractivity contribution in [2.75, 3.05) is 7.11 Å². The number of rotatable bonds is 7. The Morgan fingerprint density at radius 1 is 1.58 bits per heavy atom. The SMILES string of the molecule is CCC(C)[C@H](NC(=O)c1cc(COC)on1)C(=O)O. The number of carbonyl (C=O) groups is 2. The number of carboxylic acids is 1. The molecule has 0 aromatic carbocycles. The minimum absolute atomic E-state index is 0.0432. The molecule has 0 aliphatic heterocycles. The van der Waals surface area contributed by atoms with Crippen LogP contribution in [0.15, 0.2) is 10.6 Å². The normalized spacial score (nSPS) is 13.8. The van der Waals surface area contributed by atoms with E-state index in [1.165, 1.54) is 13.2 Å². The van der Waals surface area contributed by atoms with E-state index in [-0.39, 0.29) is 18.2 Å². The van der Waals surface area contributed by atoms with Gasteiger partial charge in [0.05, 0.1) is 0 Å². The Balaban J connectivity index is 2.73. The predicted octanol–water partition coefficient (Wildman–Crippen LogP) is 1.05. The monoisotopic (exact) mass is 270 g/mol. The summed E-state index contributed by atoms with van der Waals surface area (Å²) < 4.78 is 9.71. The largest absolute Gasteiger partial charge is 0.480 e. The van der Waals surface area contributed by atoms with Crippen LogP contribution in [0, 0.1) is 5.92 Å².